The van der Waals surface area contributed by atoms with Crippen LogP contribution in [0.15, 0.2) is 40.7 Å². The molecule has 96 valence electrons. The molecule has 0 fully saturated rings. The van der Waals surface area contributed by atoms with Crippen molar-refractivity contribution in [1.29, 1.82) is 0 Å². The van der Waals surface area contributed by atoms with Crippen LogP contribution >= 0.6 is 11.8 Å². The van der Waals surface area contributed by atoms with E-state index in [1.54, 1.807) is 6.20 Å². The summed E-state index contributed by atoms with van der Waals surface area (Å²) < 4.78 is 0. The van der Waals surface area contributed by atoms with E-state index in [2.05, 4.69) is 19.9 Å². The second kappa shape index (κ2) is 4.89. The van der Waals surface area contributed by atoms with Crippen LogP contribution in [0.2, 0.25) is 0 Å². The van der Waals surface area contributed by atoms with E-state index in [1.165, 1.54) is 11.8 Å². The molecule has 0 spiro atoms. The van der Waals surface area contributed by atoms with Gasteiger partial charge in [-0.1, -0.05) is 17.8 Å². The summed E-state index contributed by atoms with van der Waals surface area (Å²) in [7, 11) is 0. The van der Waals surface area contributed by atoms with E-state index in [9.17, 15) is 4.79 Å². The standard InChI is InChI=1S/C13H12N4OS/c1-19-13-16-10-9(5-8-3-2-4-14-6-8)7-15-11(10)12(18)17-13/h2-4,6-7,15H,5H2,1H3,(H,16,17,18). The minimum absolute atomic E-state index is 0.133. The normalized spacial score (nSPS) is 11.0. The van der Waals surface area contributed by atoms with E-state index in [0.29, 0.717) is 17.1 Å². The number of aromatic amines is 2. The van der Waals surface area contributed by atoms with Crippen LogP contribution in [0.1, 0.15) is 11.1 Å². The highest BCUT2D eigenvalue weighted by molar-refractivity contribution is 7.98. The number of H-pyrrole nitrogens is 2. The van der Waals surface area contributed by atoms with Crippen LogP contribution in [0, 0.1) is 0 Å². The molecule has 0 aliphatic rings. The van der Waals surface area contributed by atoms with Crippen molar-refractivity contribution in [3.63, 3.8) is 0 Å². The molecule has 3 heterocycles. The van der Waals surface area contributed by atoms with Gasteiger partial charge in [0.05, 0.1) is 0 Å². The average Bonchev–Trinajstić information content (AvgIpc) is 2.83. The van der Waals surface area contributed by atoms with Crippen molar-refractivity contribution >= 4 is 22.8 Å². The molecule has 0 saturated carbocycles. The number of hydrogen-bond donors (Lipinski definition) is 2. The van der Waals surface area contributed by atoms with Crippen molar-refractivity contribution in [2.75, 3.05) is 6.26 Å². The zero-order chi connectivity index (χ0) is 13.2. The predicted octanol–water partition coefficient (Wildman–Crippen LogP) is 1.96. The quantitative estimate of drug-likeness (QED) is 0.564. The second-order valence-corrected chi connectivity index (χ2v) is 4.95. The molecular weight excluding hydrogens is 260 g/mol. The first-order valence-electron chi connectivity index (χ1n) is 5.81. The molecule has 0 saturated heterocycles. The molecule has 3 aromatic heterocycles. The molecule has 0 aromatic carbocycles. The number of hydrogen-bond acceptors (Lipinski definition) is 4. The minimum Gasteiger partial charge on any atom is -0.355 e. The highest BCUT2D eigenvalue weighted by atomic mass is 32.2. The first-order valence-corrected chi connectivity index (χ1v) is 7.03. The SMILES string of the molecule is CSc1nc2c(Cc3cccnc3)c[nH]c2c(=O)[nH]1. The molecule has 3 rings (SSSR count). The summed E-state index contributed by atoms with van der Waals surface area (Å²) in [5.41, 5.74) is 3.22. The fraction of sp³-hybridized carbons (Fsp3) is 0.154. The third kappa shape index (κ3) is 2.26. The first-order chi connectivity index (χ1) is 9.28. The van der Waals surface area contributed by atoms with Crippen LogP contribution in [0.5, 0.6) is 0 Å². The number of fused-ring (bicyclic) bond motifs is 1. The van der Waals surface area contributed by atoms with Gasteiger partial charge in [-0.15, -0.1) is 0 Å². The van der Waals surface area contributed by atoms with Gasteiger partial charge in [-0.2, -0.15) is 0 Å². The minimum atomic E-state index is -0.133. The largest absolute Gasteiger partial charge is 0.355 e. The van der Waals surface area contributed by atoms with Crippen molar-refractivity contribution in [1.82, 2.24) is 19.9 Å². The highest BCUT2D eigenvalue weighted by Crippen LogP contribution is 2.18. The highest BCUT2D eigenvalue weighted by Gasteiger charge is 2.10. The van der Waals surface area contributed by atoms with Crippen molar-refractivity contribution < 1.29 is 0 Å². The fourth-order valence-electron chi connectivity index (χ4n) is 2.00. The fourth-order valence-corrected chi connectivity index (χ4v) is 2.38. The molecule has 6 heteroatoms. The molecule has 0 unspecified atom stereocenters. The van der Waals surface area contributed by atoms with Gasteiger partial charge in [0, 0.05) is 30.6 Å². The van der Waals surface area contributed by atoms with Gasteiger partial charge in [-0.3, -0.25) is 14.8 Å². The molecule has 5 nitrogen and oxygen atoms in total. The molecule has 2 N–H and O–H groups in total. The third-order valence-corrected chi connectivity index (χ3v) is 3.48. The topological polar surface area (TPSA) is 74.4 Å². The monoisotopic (exact) mass is 272 g/mol. The van der Waals surface area contributed by atoms with Crippen molar-refractivity contribution in [3.8, 4) is 0 Å². The number of pyridine rings is 1. The van der Waals surface area contributed by atoms with E-state index in [0.717, 1.165) is 16.6 Å². The lowest BCUT2D eigenvalue weighted by Crippen LogP contribution is -2.08. The number of rotatable bonds is 3. The maximum atomic E-state index is 11.9. The van der Waals surface area contributed by atoms with Crippen LogP contribution in [0.3, 0.4) is 0 Å². The van der Waals surface area contributed by atoms with Gasteiger partial charge in [-0.25, -0.2) is 4.98 Å². The predicted molar refractivity (Wildman–Crippen MR) is 75.5 cm³/mol. The molecule has 0 radical (unpaired) electrons. The van der Waals surface area contributed by atoms with Gasteiger partial charge in [0.25, 0.3) is 5.56 Å². The van der Waals surface area contributed by atoms with Crippen molar-refractivity contribution in [3.05, 3.63) is 52.2 Å². The Morgan fingerprint density at radius 2 is 2.32 bits per heavy atom. The molecule has 0 atom stereocenters. The van der Waals surface area contributed by atoms with Crippen LogP contribution in [0.25, 0.3) is 11.0 Å². The van der Waals surface area contributed by atoms with E-state index in [-0.39, 0.29) is 5.56 Å². The molecular formula is C13H12N4OS. The Morgan fingerprint density at radius 3 is 3.05 bits per heavy atom. The molecule has 0 amide bonds. The third-order valence-electron chi connectivity index (χ3n) is 2.90. The van der Waals surface area contributed by atoms with E-state index in [1.807, 2.05) is 30.8 Å². The second-order valence-electron chi connectivity index (χ2n) is 4.15. The summed E-state index contributed by atoms with van der Waals surface area (Å²) in [5, 5.41) is 0.629. The Labute approximate surface area is 113 Å². The molecule has 3 aromatic rings. The number of aromatic nitrogens is 4. The lowest BCUT2D eigenvalue weighted by Gasteiger charge is -2.00. The number of nitrogens with one attached hydrogen (secondary N) is 2. The Bertz CT molecular complexity index is 763. The summed E-state index contributed by atoms with van der Waals surface area (Å²) in [4.78, 5) is 26.2. The summed E-state index contributed by atoms with van der Waals surface area (Å²) in [6.45, 7) is 0. The molecule has 19 heavy (non-hydrogen) atoms. The molecule has 0 aliphatic carbocycles. The van der Waals surface area contributed by atoms with Gasteiger partial charge in [0.2, 0.25) is 0 Å². The van der Waals surface area contributed by atoms with Gasteiger partial charge < -0.3 is 4.98 Å². The number of nitrogens with zero attached hydrogens (tertiary/aromatic N) is 2. The average molecular weight is 272 g/mol. The summed E-state index contributed by atoms with van der Waals surface area (Å²) >= 11 is 1.42. The van der Waals surface area contributed by atoms with Gasteiger partial charge in [0.1, 0.15) is 11.0 Å². The first kappa shape index (κ1) is 12.0. The smallest absolute Gasteiger partial charge is 0.275 e. The Morgan fingerprint density at radius 1 is 1.42 bits per heavy atom. The number of thioether (sulfide) groups is 1. The lowest BCUT2D eigenvalue weighted by atomic mass is 10.1. The Balaban J connectivity index is 2.10. The lowest BCUT2D eigenvalue weighted by molar-refractivity contribution is 0.971. The summed E-state index contributed by atoms with van der Waals surface area (Å²) in [6.07, 6.45) is 7.99. The van der Waals surface area contributed by atoms with E-state index >= 15 is 0 Å². The van der Waals surface area contributed by atoms with Gasteiger partial charge in [0.15, 0.2) is 5.16 Å². The summed E-state index contributed by atoms with van der Waals surface area (Å²) in [5.74, 6) is 0. The molecule has 0 aliphatic heterocycles. The maximum absolute atomic E-state index is 11.9. The van der Waals surface area contributed by atoms with Gasteiger partial charge in [-0.05, 0) is 17.9 Å². The Hall–Kier alpha value is -2.08. The summed E-state index contributed by atoms with van der Waals surface area (Å²) in [6, 6.07) is 3.91. The zero-order valence-corrected chi connectivity index (χ0v) is 11.1. The Kier molecular flexibility index (Phi) is 3.08. The maximum Gasteiger partial charge on any atom is 0.275 e. The molecule has 0 bridgehead atoms. The van der Waals surface area contributed by atoms with Crippen molar-refractivity contribution in [2.45, 2.75) is 11.6 Å². The van der Waals surface area contributed by atoms with Crippen LogP contribution in [-0.2, 0) is 6.42 Å². The van der Waals surface area contributed by atoms with Gasteiger partial charge >= 0.3 is 0 Å². The zero-order valence-electron chi connectivity index (χ0n) is 10.3. The van der Waals surface area contributed by atoms with E-state index < -0.39 is 0 Å². The van der Waals surface area contributed by atoms with Crippen LogP contribution < -0.4 is 5.56 Å². The van der Waals surface area contributed by atoms with Crippen LogP contribution in [-0.4, -0.2) is 26.2 Å². The van der Waals surface area contributed by atoms with E-state index in [4.69, 9.17) is 0 Å². The van der Waals surface area contributed by atoms with Crippen LogP contribution in [0.4, 0.5) is 0 Å². The van der Waals surface area contributed by atoms with Crippen molar-refractivity contribution in [2.24, 2.45) is 0 Å².